The van der Waals surface area contributed by atoms with Gasteiger partial charge < -0.3 is 5.32 Å². The van der Waals surface area contributed by atoms with Crippen LogP contribution in [0.5, 0.6) is 0 Å². The average molecular weight is 205 g/mol. The second-order valence-corrected chi connectivity index (χ2v) is 3.83. The van der Waals surface area contributed by atoms with Crippen LogP contribution in [0.4, 0.5) is 0 Å². The van der Waals surface area contributed by atoms with Gasteiger partial charge in [-0.05, 0) is 36.8 Å². The highest BCUT2D eigenvalue weighted by Gasteiger charge is 2.02. The molecule has 0 fully saturated rings. The summed E-state index contributed by atoms with van der Waals surface area (Å²) in [6, 6.07) is 6.05. The minimum Gasteiger partial charge on any atom is -0.315 e. The van der Waals surface area contributed by atoms with Crippen LogP contribution in [0.2, 0.25) is 0 Å². The molecular formula is C10H11N3S. The maximum Gasteiger partial charge on any atom is 0.0845 e. The van der Waals surface area contributed by atoms with Crippen LogP contribution in [-0.2, 0) is 6.54 Å². The molecule has 72 valence electrons. The summed E-state index contributed by atoms with van der Waals surface area (Å²) in [4.78, 5) is 5.23. The first kappa shape index (κ1) is 9.30. The number of nitrogens with zero attached hydrogens (tertiary/aromatic N) is 2. The highest BCUT2D eigenvalue weighted by Crippen LogP contribution is 2.20. The first-order chi connectivity index (χ1) is 6.90. The minimum absolute atomic E-state index is 0.878. The molecule has 1 N–H and O–H groups in total. The number of hydrogen-bond donors (Lipinski definition) is 1. The lowest BCUT2D eigenvalue weighted by Crippen LogP contribution is -2.02. The molecule has 0 radical (unpaired) electrons. The summed E-state index contributed by atoms with van der Waals surface area (Å²) in [6.07, 6.45) is 3.57. The van der Waals surface area contributed by atoms with Crippen molar-refractivity contribution in [2.45, 2.75) is 6.54 Å². The Labute approximate surface area is 87.0 Å². The highest BCUT2D eigenvalue weighted by atomic mass is 32.1. The average Bonchev–Trinajstić information content (AvgIpc) is 2.68. The Hall–Kier alpha value is -1.26. The molecule has 3 nitrogen and oxygen atoms in total. The fourth-order valence-electron chi connectivity index (χ4n) is 1.23. The van der Waals surface area contributed by atoms with Crippen molar-refractivity contribution in [3.63, 3.8) is 0 Å². The first-order valence-corrected chi connectivity index (χ1v) is 5.18. The maximum absolute atomic E-state index is 4.38. The predicted molar refractivity (Wildman–Crippen MR) is 58.1 cm³/mol. The Morgan fingerprint density at radius 3 is 2.86 bits per heavy atom. The minimum atomic E-state index is 0.878. The fourth-order valence-corrected chi connectivity index (χ4v) is 1.98. The lowest BCUT2D eigenvalue weighted by Gasteiger charge is -1.93. The molecule has 0 aliphatic carbocycles. The molecule has 2 rings (SSSR count). The van der Waals surface area contributed by atoms with E-state index < -0.39 is 0 Å². The van der Waals surface area contributed by atoms with E-state index in [2.05, 4.69) is 20.7 Å². The summed E-state index contributed by atoms with van der Waals surface area (Å²) in [5, 5.41) is 3.11. The summed E-state index contributed by atoms with van der Waals surface area (Å²) >= 11 is 1.54. The summed E-state index contributed by atoms with van der Waals surface area (Å²) in [5.74, 6) is 0. The van der Waals surface area contributed by atoms with Crippen molar-refractivity contribution in [2.75, 3.05) is 7.05 Å². The second kappa shape index (κ2) is 4.30. The van der Waals surface area contributed by atoms with E-state index in [4.69, 9.17) is 0 Å². The van der Waals surface area contributed by atoms with Crippen molar-refractivity contribution in [1.29, 1.82) is 0 Å². The van der Waals surface area contributed by atoms with Crippen LogP contribution in [0, 0.1) is 0 Å². The zero-order chi connectivity index (χ0) is 9.80. The lowest BCUT2D eigenvalue weighted by molar-refractivity contribution is 0.831. The molecule has 0 aromatic carbocycles. The molecule has 4 heteroatoms. The van der Waals surface area contributed by atoms with Gasteiger partial charge in [0.2, 0.25) is 0 Å². The van der Waals surface area contributed by atoms with Gasteiger partial charge in [0.1, 0.15) is 0 Å². The smallest absolute Gasteiger partial charge is 0.0845 e. The third-order valence-corrected chi connectivity index (χ3v) is 2.67. The van der Waals surface area contributed by atoms with E-state index in [0.717, 1.165) is 17.8 Å². The fraction of sp³-hybridized carbons (Fsp3) is 0.200. The van der Waals surface area contributed by atoms with Crippen LogP contribution in [0.15, 0.2) is 30.6 Å². The predicted octanol–water partition coefficient (Wildman–Crippen LogP) is 1.92. The summed E-state index contributed by atoms with van der Waals surface area (Å²) in [6.45, 7) is 0.878. The zero-order valence-corrected chi connectivity index (χ0v) is 8.71. The number of aromatic nitrogens is 2. The van der Waals surface area contributed by atoms with Gasteiger partial charge in [-0.25, -0.2) is 0 Å². The van der Waals surface area contributed by atoms with E-state index in [1.807, 2.05) is 19.2 Å². The molecule has 0 bridgehead atoms. The monoisotopic (exact) mass is 205 g/mol. The Bertz CT molecular complexity index is 397. The van der Waals surface area contributed by atoms with Gasteiger partial charge in [0.15, 0.2) is 0 Å². The van der Waals surface area contributed by atoms with Gasteiger partial charge in [-0.1, -0.05) is 0 Å². The van der Waals surface area contributed by atoms with E-state index in [0.29, 0.717) is 0 Å². The van der Waals surface area contributed by atoms with Crippen molar-refractivity contribution in [1.82, 2.24) is 14.7 Å². The van der Waals surface area contributed by atoms with Crippen LogP contribution in [0.3, 0.4) is 0 Å². The molecule has 0 unspecified atom stereocenters. The van der Waals surface area contributed by atoms with Crippen molar-refractivity contribution in [2.24, 2.45) is 0 Å². The Morgan fingerprint density at radius 1 is 1.36 bits per heavy atom. The van der Waals surface area contributed by atoms with Gasteiger partial charge >= 0.3 is 0 Å². The topological polar surface area (TPSA) is 37.8 Å². The molecule has 0 saturated carbocycles. The second-order valence-electron chi connectivity index (χ2n) is 2.94. The van der Waals surface area contributed by atoms with Gasteiger partial charge in [0, 0.05) is 29.4 Å². The molecule has 0 saturated heterocycles. The Balaban J connectivity index is 2.25. The molecule has 0 atom stereocenters. The van der Waals surface area contributed by atoms with E-state index >= 15 is 0 Å². The van der Waals surface area contributed by atoms with Crippen LogP contribution in [-0.4, -0.2) is 16.4 Å². The van der Waals surface area contributed by atoms with Crippen LogP contribution in [0.1, 0.15) is 4.88 Å². The molecule has 2 aromatic rings. The van der Waals surface area contributed by atoms with Crippen molar-refractivity contribution >= 4 is 11.5 Å². The maximum atomic E-state index is 4.38. The van der Waals surface area contributed by atoms with Gasteiger partial charge in [0.05, 0.1) is 5.69 Å². The molecule has 0 amide bonds. The zero-order valence-electron chi connectivity index (χ0n) is 7.90. The van der Waals surface area contributed by atoms with Gasteiger partial charge in [0.25, 0.3) is 0 Å². The van der Waals surface area contributed by atoms with Crippen LogP contribution < -0.4 is 5.32 Å². The van der Waals surface area contributed by atoms with Crippen molar-refractivity contribution in [3.8, 4) is 11.3 Å². The van der Waals surface area contributed by atoms with Gasteiger partial charge in [-0.2, -0.15) is 4.37 Å². The summed E-state index contributed by atoms with van der Waals surface area (Å²) in [5.41, 5.74) is 2.15. The molecule has 0 aliphatic heterocycles. The Kier molecular flexibility index (Phi) is 2.86. The molecule has 14 heavy (non-hydrogen) atoms. The summed E-state index contributed by atoms with van der Waals surface area (Å²) < 4.78 is 4.38. The standard InChI is InChI=1S/C10H11N3S/c1-11-7-9-6-10(13-14-9)8-2-4-12-5-3-8/h2-6,11H,7H2,1H3. The molecule has 0 aliphatic rings. The third-order valence-electron chi connectivity index (χ3n) is 1.89. The largest absolute Gasteiger partial charge is 0.315 e. The van der Waals surface area contributed by atoms with Crippen molar-refractivity contribution < 1.29 is 0 Å². The number of pyridine rings is 1. The quantitative estimate of drug-likeness (QED) is 0.832. The number of nitrogens with one attached hydrogen (secondary N) is 1. The highest BCUT2D eigenvalue weighted by molar-refractivity contribution is 7.06. The third kappa shape index (κ3) is 1.97. The normalized spacial score (nSPS) is 10.4. The molecule has 2 heterocycles. The summed E-state index contributed by atoms with van der Waals surface area (Å²) in [7, 11) is 1.94. The SMILES string of the molecule is CNCc1cc(-c2ccncc2)ns1. The van der Waals surface area contributed by atoms with Crippen LogP contribution >= 0.6 is 11.5 Å². The van der Waals surface area contributed by atoms with Gasteiger partial charge in [-0.15, -0.1) is 0 Å². The van der Waals surface area contributed by atoms with E-state index in [-0.39, 0.29) is 0 Å². The van der Waals surface area contributed by atoms with Crippen LogP contribution in [0.25, 0.3) is 11.3 Å². The Morgan fingerprint density at radius 2 is 2.14 bits per heavy atom. The van der Waals surface area contributed by atoms with Gasteiger partial charge in [-0.3, -0.25) is 4.98 Å². The van der Waals surface area contributed by atoms with E-state index in [1.54, 1.807) is 12.4 Å². The van der Waals surface area contributed by atoms with Crippen molar-refractivity contribution in [3.05, 3.63) is 35.5 Å². The lowest BCUT2D eigenvalue weighted by atomic mass is 10.2. The molecule has 2 aromatic heterocycles. The number of hydrogen-bond acceptors (Lipinski definition) is 4. The number of rotatable bonds is 3. The molecule has 0 spiro atoms. The van der Waals surface area contributed by atoms with E-state index in [9.17, 15) is 0 Å². The first-order valence-electron chi connectivity index (χ1n) is 4.41. The van der Waals surface area contributed by atoms with E-state index in [1.165, 1.54) is 16.4 Å². The molecular weight excluding hydrogens is 194 g/mol.